The number of nitrogens with one attached hydrogen (secondary N) is 3. The maximum absolute atomic E-state index is 12.7. The van der Waals surface area contributed by atoms with Crippen LogP contribution in [-0.2, 0) is 42.9 Å². The molecule has 0 aliphatic carbocycles. The Morgan fingerprint density at radius 2 is 1.60 bits per heavy atom. The van der Waals surface area contributed by atoms with Crippen LogP contribution in [0.3, 0.4) is 0 Å². The van der Waals surface area contributed by atoms with Crippen molar-refractivity contribution in [1.82, 2.24) is 25.8 Å². The molecule has 1 aromatic heterocycles. The van der Waals surface area contributed by atoms with Crippen LogP contribution in [0.2, 0.25) is 0 Å². The molecule has 0 spiro atoms. The summed E-state index contributed by atoms with van der Waals surface area (Å²) < 4.78 is 20.9. The second kappa shape index (κ2) is 18.0. The standard InChI is InChI=1S/C28H43N5O9/c1-28(2,3)42-25(37)19-41-15-14-39-12-10-31-23(35)18-40-13-11-30-22(34)7-9-32-27(38)21-16-24(36)33(4)26(21)20-6-5-8-29-17-20/h5-6,8,17,21,26H,7,9-16,18-19H2,1-4H3,(H,30,34)(H,31,35)(H,32,38)/t21-,26+/m0/s1. The molecular formula is C28H43N5O9. The van der Waals surface area contributed by atoms with E-state index < -0.39 is 23.5 Å². The minimum Gasteiger partial charge on any atom is -0.458 e. The Morgan fingerprint density at radius 1 is 0.929 bits per heavy atom. The van der Waals surface area contributed by atoms with Crippen LogP contribution in [0.1, 0.15) is 45.2 Å². The number of ether oxygens (including phenoxy) is 4. The van der Waals surface area contributed by atoms with Gasteiger partial charge in [0, 0.05) is 51.9 Å². The molecule has 1 aliphatic rings. The molecule has 1 aromatic rings. The van der Waals surface area contributed by atoms with Gasteiger partial charge in [0.05, 0.1) is 38.4 Å². The summed E-state index contributed by atoms with van der Waals surface area (Å²) in [5.41, 5.74) is 0.224. The summed E-state index contributed by atoms with van der Waals surface area (Å²) in [7, 11) is 1.66. The van der Waals surface area contributed by atoms with Crippen molar-refractivity contribution >= 4 is 29.6 Å². The molecule has 0 unspecified atom stereocenters. The Labute approximate surface area is 246 Å². The number of likely N-dealkylation sites (tertiary alicyclic amines) is 1. The van der Waals surface area contributed by atoms with Crippen LogP contribution < -0.4 is 16.0 Å². The lowest BCUT2D eigenvalue weighted by atomic mass is 9.94. The third-order valence-corrected chi connectivity index (χ3v) is 5.98. The summed E-state index contributed by atoms with van der Waals surface area (Å²) in [6.45, 7) is 6.52. The predicted octanol–water partition coefficient (Wildman–Crippen LogP) is -0.269. The van der Waals surface area contributed by atoms with Crippen molar-refractivity contribution in [3.63, 3.8) is 0 Å². The van der Waals surface area contributed by atoms with Gasteiger partial charge in [-0.1, -0.05) is 6.07 Å². The molecule has 42 heavy (non-hydrogen) atoms. The van der Waals surface area contributed by atoms with E-state index in [1.807, 2.05) is 6.07 Å². The van der Waals surface area contributed by atoms with Gasteiger partial charge in [0.15, 0.2) is 0 Å². The Morgan fingerprint density at radius 3 is 2.29 bits per heavy atom. The number of carbonyl (C=O) groups excluding carboxylic acids is 5. The van der Waals surface area contributed by atoms with E-state index in [1.54, 1.807) is 51.2 Å². The highest BCUT2D eigenvalue weighted by atomic mass is 16.6. The summed E-state index contributed by atoms with van der Waals surface area (Å²) in [6.07, 6.45) is 3.43. The molecule has 4 amide bonds. The summed E-state index contributed by atoms with van der Waals surface area (Å²) in [4.78, 5) is 66.0. The van der Waals surface area contributed by atoms with E-state index in [1.165, 1.54) is 0 Å². The van der Waals surface area contributed by atoms with E-state index in [9.17, 15) is 24.0 Å². The minimum absolute atomic E-state index is 0.0618. The molecule has 2 rings (SSSR count). The van der Waals surface area contributed by atoms with E-state index >= 15 is 0 Å². The van der Waals surface area contributed by atoms with Crippen LogP contribution in [0.4, 0.5) is 0 Å². The zero-order valence-corrected chi connectivity index (χ0v) is 24.8. The Balaban J connectivity index is 1.46. The molecule has 14 heteroatoms. The first kappa shape index (κ1) is 34.6. The van der Waals surface area contributed by atoms with Gasteiger partial charge in [-0.05, 0) is 32.4 Å². The van der Waals surface area contributed by atoms with E-state index in [0.29, 0.717) is 0 Å². The van der Waals surface area contributed by atoms with Crippen LogP contribution in [-0.4, -0.2) is 111 Å². The normalized spacial score (nSPS) is 16.7. The molecule has 14 nitrogen and oxygen atoms in total. The topological polar surface area (TPSA) is 174 Å². The zero-order chi connectivity index (χ0) is 31.0. The molecular weight excluding hydrogens is 550 g/mol. The predicted molar refractivity (Wildman–Crippen MR) is 150 cm³/mol. The molecule has 0 radical (unpaired) electrons. The second-order valence-electron chi connectivity index (χ2n) is 10.6. The van der Waals surface area contributed by atoms with E-state index in [4.69, 9.17) is 18.9 Å². The van der Waals surface area contributed by atoms with Gasteiger partial charge >= 0.3 is 5.97 Å². The fourth-order valence-electron chi connectivity index (χ4n) is 4.12. The maximum atomic E-state index is 12.7. The number of aromatic nitrogens is 1. The number of hydrogen-bond acceptors (Lipinski definition) is 10. The SMILES string of the molecule is CN1C(=O)C[C@H](C(=O)NCCC(=O)NCCOCC(=O)NCCOCCOCC(=O)OC(C)(C)C)[C@H]1c1cccnc1. The summed E-state index contributed by atoms with van der Waals surface area (Å²) in [5, 5.41) is 8.05. The fourth-order valence-corrected chi connectivity index (χ4v) is 4.12. The van der Waals surface area contributed by atoms with E-state index in [0.717, 1.165) is 5.56 Å². The van der Waals surface area contributed by atoms with Gasteiger partial charge in [-0.3, -0.25) is 24.2 Å². The highest BCUT2D eigenvalue weighted by molar-refractivity contribution is 5.90. The molecule has 2 heterocycles. The number of nitrogens with zero attached hydrogens (tertiary/aromatic N) is 2. The first-order valence-corrected chi connectivity index (χ1v) is 13.9. The monoisotopic (exact) mass is 593 g/mol. The average Bonchev–Trinajstić information content (AvgIpc) is 3.23. The van der Waals surface area contributed by atoms with Crippen LogP contribution in [0.25, 0.3) is 0 Å². The maximum Gasteiger partial charge on any atom is 0.332 e. The van der Waals surface area contributed by atoms with Crippen molar-refractivity contribution in [1.29, 1.82) is 0 Å². The van der Waals surface area contributed by atoms with Gasteiger partial charge in [0.25, 0.3) is 0 Å². The van der Waals surface area contributed by atoms with Crippen molar-refractivity contribution in [2.75, 3.05) is 66.3 Å². The van der Waals surface area contributed by atoms with Gasteiger partial charge in [-0.25, -0.2) is 4.79 Å². The van der Waals surface area contributed by atoms with Crippen molar-refractivity contribution in [2.24, 2.45) is 5.92 Å². The van der Waals surface area contributed by atoms with Crippen LogP contribution in [0.5, 0.6) is 0 Å². The van der Waals surface area contributed by atoms with Gasteiger partial charge in [-0.2, -0.15) is 0 Å². The Hall–Kier alpha value is -3.62. The largest absolute Gasteiger partial charge is 0.458 e. The lowest BCUT2D eigenvalue weighted by Gasteiger charge is -2.24. The Bertz CT molecular complexity index is 1030. The molecule has 1 saturated heterocycles. The molecule has 0 saturated carbocycles. The number of esters is 1. The van der Waals surface area contributed by atoms with Gasteiger partial charge in [-0.15, -0.1) is 0 Å². The highest BCUT2D eigenvalue weighted by Gasteiger charge is 2.42. The number of amides is 4. The second-order valence-corrected chi connectivity index (χ2v) is 10.6. The summed E-state index contributed by atoms with van der Waals surface area (Å²) >= 11 is 0. The van der Waals surface area contributed by atoms with E-state index in [2.05, 4.69) is 20.9 Å². The molecule has 0 bridgehead atoms. The van der Waals surface area contributed by atoms with Crippen molar-refractivity contribution in [3.05, 3.63) is 30.1 Å². The number of pyridine rings is 1. The minimum atomic E-state index is -0.564. The van der Waals surface area contributed by atoms with Crippen LogP contribution >= 0.6 is 0 Å². The van der Waals surface area contributed by atoms with Gasteiger partial charge in [0.2, 0.25) is 23.6 Å². The smallest absolute Gasteiger partial charge is 0.332 e. The third kappa shape index (κ3) is 13.4. The lowest BCUT2D eigenvalue weighted by molar-refractivity contribution is -0.160. The third-order valence-electron chi connectivity index (χ3n) is 5.98. The van der Waals surface area contributed by atoms with E-state index in [-0.39, 0.29) is 95.7 Å². The molecule has 3 N–H and O–H groups in total. The number of rotatable bonds is 18. The van der Waals surface area contributed by atoms with Crippen LogP contribution in [0, 0.1) is 5.92 Å². The average molecular weight is 594 g/mol. The molecule has 0 aromatic carbocycles. The zero-order valence-electron chi connectivity index (χ0n) is 24.8. The lowest BCUT2D eigenvalue weighted by Crippen LogP contribution is -2.37. The number of carbonyl (C=O) groups is 5. The molecule has 234 valence electrons. The highest BCUT2D eigenvalue weighted by Crippen LogP contribution is 2.36. The first-order valence-electron chi connectivity index (χ1n) is 13.9. The van der Waals surface area contributed by atoms with Gasteiger partial charge < -0.3 is 39.8 Å². The van der Waals surface area contributed by atoms with Crippen LogP contribution in [0.15, 0.2) is 24.5 Å². The molecule has 1 aliphatic heterocycles. The quantitative estimate of drug-likeness (QED) is 0.152. The molecule has 2 atom stereocenters. The Kier molecular flexibility index (Phi) is 14.8. The van der Waals surface area contributed by atoms with Crippen molar-refractivity contribution in [3.8, 4) is 0 Å². The van der Waals surface area contributed by atoms with Crippen molar-refractivity contribution in [2.45, 2.75) is 45.3 Å². The van der Waals surface area contributed by atoms with Crippen molar-refractivity contribution < 1.29 is 42.9 Å². The summed E-state index contributed by atoms with van der Waals surface area (Å²) in [6, 6.07) is 3.19. The molecule has 1 fully saturated rings. The summed E-state index contributed by atoms with van der Waals surface area (Å²) in [5.74, 6) is -2.02. The first-order chi connectivity index (χ1) is 20.0. The fraction of sp³-hybridized carbons (Fsp3) is 0.643. The number of hydrogen-bond donors (Lipinski definition) is 3. The van der Waals surface area contributed by atoms with Gasteiger partial charge in [0.1, 0.15) is 18.8 Å².